The van der Waals surface area contributed by atoms with E-state index in [1.54, 1.807) is 18.1 Å². The summed E-state index contributed by atoms with van der Waals surface area (Å²) in [6, 6.07) is 0. The Bertz CT molecular complexity index is 549. The van der Waals surface area contributed by atoms with Crippen molar-refractivity contribution >= 4 is 28.3 Å². The van der Waals surface area contributed by atoms with Gasteiger partial charge in [0.1, 0.15) is 10.6 Å². The number of aromatic nitrogens is 2. The predicted octanol–water partition coefficient (Wildman–Crippen LogP) is 4.91. The van der Waals surface area contributed by atoms with E-state index in [4.69, 9.17) is 12.2 Å². The molecule has 2 aliphatic carbocycles. The summed E-state index contributed by atoms with van der Waals surface area (Å²) in [4.78, 5) is 4.08. The van der Waals surface area contributed by atoms with Crippen molar-refractivity contribution < 1.29 is 0 Å². The summed E-state index contributed by atoms with van der Waals surface area (Å²) >= 11 is 7.39. The highest BCUT2D eigenvalue weighted by atomic mass is 32.2. The van der Waals surface area contributed by atoms with Gasteiger partial charge in [-0.3, -0.25) is 4.57 Å². The molecule has 1 aromatic rings. The molecule has 0 aliphatic heterocycles. The van der Waals surface area contributed by atoms with Crippen LogP contribution >= 0.6 is 24.0 Å². The first-order chi connectivity index (χ1) is 10.0. The van der Waals surface area contributed by atoms with Gasteiger partial charge in [-0.25, -0.2) is 4.98 Å². The number of thioether (sulfide) groups is 1. The molecule has 114 valence electrons. The van der Waals surface area contributed by atoms with E-state index in [1.807, 2.05) is 22.5 Å². The van der Waals surface area contributed by atoms with Crippen molar-refractivity contribution in [2.75, 3.05) is 0 Å². The Morgan fingerprint density at radius 2 is 2.29 bits per heavy atom. The number of nitrogens with zero attached hydrogens (tertiary/aromatic N) is 2. The van der Waals surface area contributed by atoms with Gasteiger partial charge in [0.15, 0.2) is 0 Å². The van der Waals surface area contributed by atoms with E-state index in [0.29, 0.717) is 10.7 Å². The molecule has 0 bridgehead atoms. The third-order valence-corrected chi connectivity index (χ3v) is 7.39. The topological polar surface area (TPSA) is 17.8 Å². The number of allylic oxidation sites excluding steroid dienone is 2. The molecular weight excluding hydrogens is 296 g/mol. The Kier molecular flexibility index (Phi) is 4.28. The zero-order valence-electron chi connectivity index (χ0n) is 13.1. The van der Waals surface area contributed by atoms with Crippen molar-refractivity contribution in [3.8, 4) is 0 Å². The lowest BCUT2D eigenvalue weighted by Gasteiger charge is -2.49. The Morgan fingerprint density at radius 3 is 3.00 bits per heavy atom. The second kappa shape index (κ2) is 5.88. The summed E-state index contributed by atoms with van der Waals surface area (Å²) in [7, 11) is 0. The Balaban J connectivity index is 1.69. The van der Waals surface area contributed by atoms with E-state index in [9.17, 15) is 0 Å². The SMILES string of the molecule is CC1CC=C2C[C@@H](SC(=S)n3ccnc3)CC[C@]2(C)C1C. The van der Waals surface area contributed by atoms with Crippen LogP contribution < -0.4 is 0 Å². The lowest BCUT2D eigenvalue weighted by molar-refractivity contribution is 0.134. The second-order valence-corrected chi connectivity index (χ2v) is 8.80. The van der Waals surface area contributed by atoms with Gasteiger partial charge in [0.25, 0.3) is 0 Å². The number of fused-ring (bicyclic) bond motifs is 1. The lowest BCUT2D eigenvalue weighted by atomic mass is 9.58. The van der Waals surface area contributed by atoms with Gasteiger partial charge in [0.2, 0.25) is 0 Å². The van der Waals surface area contributed by atoms with Crippen molar-refractivity contribution in [2.24, 2.45) is 17.3 Å². The molecule has 1 heterocycles. The van der Waals surface area contributed by atoms with Gasteiger partial charge >= 0.3 is 0 Å². The third-order valence-electron chi connectivity index (χ3n) is 5.74. The molecule has 3 rings (SSSR count). The molecule has 0 radical (unpaired) electrons. The fraction of sp³-hybridized carbons (Fsp3) is 0.647. The largest absolute Gasteiger partial charge is 0.291 e. The highest BCUT2D eigenvalue weighted by Crippen LogP contribution is 2.53. The van der Waals surface area contributed by atoms with Crippen molar-refractivity contribution in [1.82, 2.24) is 9.55 Å². The van der Waals surface area contributed by atoms with Crippen LogP contribution in [0.25, 0.3) is 0 Å². The van der Waals surface area contributed by atoms with Crippen LogP contribution in [0, 0.1) is 17.3 Å². The van der Waals surface area contributed by atoms with Gasteiger partial charge in [-0.05, 0) is 42.9 Å². The van der Waals surface area contributed by atoms with Gasteiger partial charge < -0.3 is 0 Å². The van der Waals surface area contributed by atoms with Gasteiger partial charge in [0.05, 0.1) is 0 Å². The molecule has 1 fully saturated rings. The van der Waals surface area contributed by atoms with Crippen LogP contribution in [0.2, 0.25) is 0 Å². The van der Waals surface area contributed by atoms with E-state index < -0.39 is 0 Å². The molecule has 0 aromatic carbocycles. The summed E-state index contributed by atoms with van der Waals surface area (Å²) in [6.45, 7) is 7.33. The minimum absolute atomic E-state index is 0.422. The molecule has 1 aromatic heterocycles. The molecule has 0 spiro atoms. The van der Waals surface area contributed by atoms with Crippen LogP contribution in [0.3, 0.4) is 0 Å². The third kappa shape index (κ3) is 2.85. The van der Waals surface area contributed by atoms with Crippen LogP contribution in [0.15, 0.2) is 30.4 Å². The summed E-state index contributed by atoms with van der Waals surface area (Å²) in [5.74, 6) is 1.61. The normalized spacial score (nSPS) is 36.0. The zero-order valence-corrected chi connectivity index (χ0v) is 14.7. The van der Waals surface area contributed by atoms with Crippen molar-refractivity contribution in [3.63, 3.8) is 0 Å². The van der Waals surface area contributed by atoms with Crippen LogP contribution in [-0.2, 0) is 0 Å². The maximum Gasteiger partial charge on any atom is 0.145 e. The molecule has 1 saturated carbocycles. The average molecular weight is 321 g/mol. The number of thiocarbonyl (C=S) groups is 1. The lowest BCUT2D eigenvalue weighted by Crippen LogP contribution is -2.39. The van der Waals surface area contributed by atoms with Gasteiger partial charge in [-0.15, -0.1) is 0 Å². The summed E-state index contributed by atoms with van der Waals surface area (Å²) in [5.41, 5.74) is 2.11. The first kappa shape index (κ1) is 15.3. The van der Waals surface area contributed by atoms with Crippen LogP contribution in [-0.4, -0.2) is 19.1 Å². The van der Waals surface area contributed by atoms with E-state index in [-0.39, 0.29) is 0 Å². The molecule has 21 heavy (non-hydrogen) atoms. The zero-order chi connectivity index (χ0) is 15.0. The molecule has 0 N–H and O–H groups in total. The maximum atomic E-state index is 5.54. The molecule has 0 amide bonds. The molecule has 2 unspecified atom stereocenters. The first-order valence-electron chi connectivity index (χ1n) is 7.89. The van der Waals surface area contributed by atoms with Crippen LogP contribution in [0.4, 0.5) is 0 Å². The highest BCUT2D eigenvalue weighted by Gasteiger charge is 2.43. The Labute approximate surface area is 137 Å². The van der Waals surface area contributed by atoms with Crippen molar-refractivity contribution in [3.05, 3.63) is 30.4 Å². The monoisotopic (exact) mass is 320 g/mol. The van der Waals surface area contributed by atoms with Gasteiger partial charge in [0, 0.05) is 17.6 Å². The van der Waals surface area contributed by atoms with E-state index in [2.05, 4.69) is 31.8 Å². The van der Waals surface area contributed by atoms with Crippen molar-refractivity contribution in [1.29, 1.82) is 0 Å². The summed E-state index contributed by atoms with van der Waals surface area (Å²) in [5, 5.41) is 0.625. The molecular formula is C17H24N2S2. The van der Waals surface area contributed by atoms with Crippen LogP contribution in [0.1, 0.15) is 46.5 Å². The van der Waals surface area contributed by atoms with E-state index in [1.165, 1.54) is 25.7 Å². The maximum absolute atomic E-state index is 5.54. The standard InChI is InChI=1S/C17H24N2S2/c1-12-4-5-14-10-15(6-7-17(14,3)13(12)2)21-16(20)19-9-8-18-11-19/h5,8-9,11-13,15H,4,6-7,10H2,1-3H3/t12?,13?,15-,17+/m0/s1. The minimum Gasteiger partial charge on any atom is -0.291 e. The minimum atomic E-state index is 0.422. The first-order valence-corrected chi connectivity index (χ1v) is 9.18. The molecule has 4 atom stereocenters. The predicted molar refractivity (Wildman–Crippen MR) is 94.6 cm³/mol. The fourth-order valence-corrected chi connectivity index (χ4v) is 5.40. The van der Waals surface area contributed by atoms with Crippen molar-refractivity contribution in [2.45, 2.75) is 51.7 Å². The average Bonchev–Trinajstić information content (AvgIpc) is 2.99. The number of hydrogen-bond donors (Lipinski definition) is 0. The van der Waals surface area contributed by atoms with Gasteiger partial charge in [-0.2, -0.15) is 0 Å². The highest BCUT2D eigenvalue weighted by molar-refractivity contribution is 8.23. The number of hydrogen-bond acceptors (Lipinski definition) is 3. The molecule has 0 saturated heterocycles. The number of rotatable bonds is 1. The fourth-order valence-electron chi connectivity index (χ4n) is 3.87. The van der Waals surface area contributed by atoms with E-state index >= 15 is 0 Å². The van der Waals surface area contributed by atoms with E-state index in [0.717, 1.165) is 16.2 Å². The Hall–Kier alpha value is -0.610. The summed E-state index contributed by atoms with van der Waals surface area (Å²) < 4.78 is 2.88. The summed E-state index contributed by atoms with van der Waals surface area (Å²) in [6.07, 6.45) is 13.1. The molecule has 2 aliphatic rings. The van der Waals surface area contributed by atoms with Crippen LogP contribution in [0.5, 0.6) is 0 Å². The van der Waals surface area contributed by atoms with Gasteiger partial charge in [-0.1, -0.05) is 56.4 Å². The molecule has 4 heteroatoms. The number of imidazole rings is 1. The Morgan fingerprint density at radius 1 is 1.48 bits per heavy atom. The molecule has 2 nitrogen and oxygen atoms in total. The second-order valence-electron chi connectivity index (χ2n) is 6.87. The quantitative estimate of drug-likeness (QED) is 0.541. The smallest absolute Gasteiger partial charge is 0.145 e.